The van der Waals surface area contributed by atoms with Gasteiger partial charge in [0.1, 0.15) is 23.3 Å². The fraction of sp³-hybridized carbons (Fsp3) is 0.524. The van der Waals surface area contributed by atoms with Crippen molar-refractivity contribution in [2.24, 2.45) is 0 Å². The summed E-state index contributed by atoms with van der Waals surface area (Å²) in [5.74, 6) is -0.160. The molecule has 10 nitrogen and oxygen atoms in total. The van der Waals surface area contributed by atoms with Gasteiger partial charge in [-0.2, -0.15) is 8.42 Å². The predicted octanol–water partition coefficient (Wildman–Crippen LogP) is 1.37. The average molecular weight is 516 g/mol. The van der Waals surface area contributed by atoms with E-state index in [4.69, 9.17) is 20.9 Å². The Morgan fingerprint density at radius 3 is 2.65 bits per heavy atom. The highest BCUT2D eigenvalue weighted by Gasteiger charge is 2.46. The Bertz CT molecular complexity index is 1240. The smallest absolute Gasteiger partial charge is 0.261 e. The van der Waals surface area contributed by atoms with Crippen molar-refractivity contribution >= 4 is 49.9 Å². The van der Waals surface area contributed by atoms with Crippen LogP contribution in [0.5, 0.6) is 5.88 Å². The zero-order valence-electron chi connectivity index (χ0n) is 19.2. The van der Waals surface area contributed by atoms with Crippen molar-refractivity contribution in [2.75, 3.05) is 56.3 Å². The topological polar surface area (TPSA) is 115 Å². The highest BCUT2D eigenvalue weighted by Crippen LogP contribution is 2.49. The lowest BCUT2D eigenvalue weighted by Crippen LogP contribution is -2.66. The molecule has 0 bridgehead atoms. The number of hydrogen-bond acceptors (Lipinski definition) is 8. The number of rotatable bonds is 2. The van der Waals surface area contributed by atoms with E-state index in [0.717, 1.165) is 5.69 Å². The highest BCUT2D eigenvalue weighted by molar-refractivity contribution is 7.85. The number of carbonyl (C=O) groups excluding carboxylic acids is 1. The van der Waals surface area contributed by atoms with Gasteiger partial charge < -0.3 is 24.8 Å². The van der Waals surface area contributed by atoms with E-state index in [2.05, 4.69) is 22.1 Å². The van der Waals surface area contributed by atoms with Crippen molar-refractivity contribution in [1.29, 1.82) is 0 Å². The summed E-state index contributed by atoms with van der Waals surface area (Å²) in [6, 6.07) is 2.84. The first kappa shape index (κ1) is 24.9. The summed E-state index contributed by atoms with van der Waals surface area (Å²) in [6.45, 7) is 4.31. The number of pyridine rings is 1. The molecule has 4 heterocycles. The van der Waals surface area contributed by atoms with E-state index in [-0.39, 0.29) is 29.6 Å². The molecule has 0 aliphatic carbocycles. The zero-order valence-corrected chi connectivity index (χ0v) is 20.8. The largest absolute Gasteiger partial charge is 0.470 e. The highest BCUT2D eigenvalue weighted by atomic mass is 35.5. The molecule has 3 atom stereocenters. The fourth-order valence-electron chi connectivity index (χ4n) is 4.61. The van der Waals surface area contributed by atoms with E-state index in [1.54, 1.807) is 11.0 Å². The summed E-state index contributed by atoms with van der Waals surface area (Å²) in [5, 5.41) is 4.30. The third kappa shape index (κ3) is 4.91. The van der Waals surface area contributed by atoms with Gasteiger partial charge >= 0.3 is 0 Å². The summed E-state index contributed by atoms with van der Waals surface area (Å²) >= 11 is 6.19. The summed E-state index contributed by atoms with van der Waals surface area (Å²) < 4.78 is 46.8. The predicted molar refractivity (Wildman–Crippen MR) is 128 cm³/mol. The van der Waals surface area contributed by atoms with Crippen LogP contribution in [0, 0.1) is 5.82 Å². The molecular formula is C21H27ClFN5O5S. The molecule has 34 heavy (non-hydrogen) atoms. The molecule has 1 fully saturated rings. The fourth-order valence-corrected chi connectivity index (χ4v) is 4.81. The third-order valence-corrected chi connectivity index (χ3v) is 5.99. The van der Waals surface area contributed by atoms with Crippen molar-refractivity contribution in [3.63, 3.8) is 0 Å². The number of anilines is 2. The Morgan fingerprint density at radius 1 is 1.32 bits per heavy atom. The Hall–Kier alpha value is -2.25. The third-order valence-electron chi connectivity index (χ3n) is 5.77. The maximum Gasteiger partial charge on any atom is 0.261 e. The number of halogens is 2. The molecule has 1 amide bonds. The van der Waals surface area contributed by atoms with Gasteiger partial charge in [0.15, 0.2) is 5.82 Å². The lowest BCUT2D eigenvalue weighted by atomic mass is 9.98. The number of nitrogens with zero attached hydrogens (tertiary/aromatic N) is 4. The standard InChI is InChI=1S/C20H23ClFN5O2.CH4O3S/c1-10-7-26-15(6-23-10)20(28)27-9-12(8-25(2)3)29-19-18(27)17(26)13-4-11(21)5-14(22)16(13)24-19;1-5(2,3)4/h4-5,10,12,15,23H,6-9H2,1-3H3;1H3,(H,2,3,4). The Balaban J connectivity index is 0.000000499. The number of amides is 1. The van der Waals surface area contributed by atoms with E-state index >= 15 is 0 Å². The molecule has 1 aromatic carbocycles. The van der Waals surface area contributed by atoms with Crippen molar-refractivity contribution in [2.45, 2.75) is 25.1 Å². The molecule has 5 rings (SSSR count). The first-order valence-corrected chi connectivity index (χ1v) is 12.9. The number of hydrogen-bond donors (Lipinski definition) is 2. The summed E-state index contributed by atoms with van der Waals surface area (Å²) in [5.41, 5.74) is 1.63. The number of benzene rings is 1. The number of nitrogens with one attached hydrogen (secondary N) is 1. The zero-order chi connectivity index (χ0) is 24.9. The van der Waals surface area contributed by atoms with Crippen molar-refractivity contribution < 1.29 is 26.9 Å². The van der Waals surface area contributed by atoms with Crippen LogP contribution < -0.4 is 19.9 Å². The van der Waals surface area contributed by atoms with E-state index in [9.17, 15) is 17.6 Å². The van der Waals surface area contributed by atoms with Gasteiger partial charge in [0.2, 0.25) is 5.88 Å². The number of ether oxygens (including phenoxy) is 1. The second kappa shape index (κ2) is 9.08. The molecule has 2 aromatic rings. The molecule has 0 radical (unpaired) electrons. The van der Waals surface area contributed by atoms with Crippen LogP contribution in [0.2, 0.25) is 5.02 Å². The summed E-state index contributed by atoms with van der Waals surface area (Å²) in [6.07, 6.45) is 0.476. The minimum Gasteiger partial charge on any atom is -0.470 e. The molecule has 1 saturated heterocycles. The summed E-state index contributed by atoms with van der Waals surface area (Å²) in [7, 11) is 0.234. The first-order chi connectivity index (χ1) is 15.8. The molecule has 2 N–H and O–H groups in total. The SMILES string of the molecule is CC1CN2c3c4c(nc5c(F)cc(Cl)cc35)OC(CN(C)C)CN4C(=O)C2CN1.CS(=O)(=O)O. The Kier molecular flexibility index (Phi) is 6.64. The molecule has 3 unspecified atom stereocenters. The quantitative estimate of drug-likeness (QED) is 0.572. The lowest BCUT2D eigenvalue weighted by Gasteiger charge is -2.49. The molecule has 1 aromatic heterocycles. The van der Waals surface area contributed by atoms with E-state index in [1.165, 1.54) is 6.07 Å². The van der Waals surface area contributed by atoms with Crippen molar-refractivity contribution in [1.82, 2.24) is 15.2 Å². The van der Waals surface area contributed by atoms with Gasteiger partial charge in [-0.1, -0.05) is 11.6 Å². The molecule has 13 heteroatoms. The van der Waals surface area contributed by atoms with Crippen LogP contribution in [-0.2, 0) is 14.9 Å². The number of piperazine rings is 1. The summed E-state index contributed by atoms with van der Waals surface area (Å²) in [4.78, 5) is 23.7. The van der Waals surface area contributed by atoms with Gasteiger partial charge in [-0.3, -0.25) is 9.35 Å². The van der Waals surface area contributed by atoms with Crippen molar-refractivity contribution in [3.05, 3.63) is 23.0 Å². The Morgan fingerprint density at radius 2 is 2.00 bits per heavy atom. The number of carbonyl (C=O) groups is 1. The van der Waals surface area contributed by atoms with E-state index < -0.39 is 15.9 Å². The second-order valence-electron chi connectivity index (χ2n) is 9.06. The molecular weight excluding hydrogens is 489 g/mol. The second-order valence-corrected chi connectivity index (χ2v) is 11.0. The first-order valence-electron chi connectivity index (χ1n) is 10.7. The molecule has 0 saturated carbocycles. The van der Waals surface area contributed by atoms with E-state index in [1.807, 2.05) is 19.0 Å². The van der Waals surface area contributed by atoms with Gasteiger partial charge in [0.25, 0.3) is 16.0 Å². The van der Waals surface area contributed by atoms with Crippen LogP contribution in [0.25, 0.3) is 10.9 Å². The van der Waals surface area contributed by atoms with Gasteiger partial charge in [-0.15, -0.1) is 0 Å². The van der Waals surface area contributed by atoms with Crippen LogP contribution in [0.15, 0.2) is 12.1 Å². The van der Waals surface area contributed by atoms with Gasteiger partial charge in [0, 0.05) is 36.1 Å². The minimum absolute atomic E-state index is 0.0221. The molecule has 3 aliphatic heterocycles. The van der Waals surface area contributed by atoms with Crippen LogP contribution in [0.3, 0.4) is 0 Å². The number of likely N-dealkylation sites (N-methyl/N-ethyl adjacent to an activating group) is 1. The van der Waals surface area contributed by atoms with E-state index in [0.29, 0.717) is 54.4 Å². The molecule has 186 valence electrons. The molecule has 0 spiro atoms. The van der Waals surface area contributed by atoms with Crippen LogP contribution >= 0.6 is 11.6 Å². The number of fused-ring (bicyclic) bond motifs is 4. The van der Waals surface area contributed by atoms with Gasteiger partial charge in [0.05, 0.1) is 18.5 Å². The maximum atomic E-state index is 14.8. The Labute approximate surface area is 202 Å². The number of aromatic nitrogens is 1. The maximum absolute atomic E-state index is 14.8. The van der Waals surface area contributed by atoms with Crippen molar-refractivity contribution in [3.8, 4) is 5.88 Å². The normalized spacial score (nSPS) is 23.8. The average Bonchev–Trinajstić information content (AvgIpc) is 2.69. The van der Waals surface area contributed by atoms with Crippen LogP contribution in [0.1, 0.15) is 6.92 Å². The van der Waals surface area contributed by atoms with Crippen LogP contribution in [-0.4, -0.2) is 93.5 Å². The van der Waals surface area contributed by atoms with Crippen LogP contribution in [0.4, 0.5) is 15.8 Å². The monoisotopic (exact) mass is 515 g/mol. The molecule has 3 aliphatic rings. The van der Waals surface area contributed by atoms with Gasteiger partial charge in [-0.25, -0.2) is 9.37 Å². The minimum atomic E-state index is -3.67. The van der Waals surface area contributed by atoms with Gasteiger partial charge in [-0.05, 0) is 33.2 Å². The lowest BCUT2D eigenvalue weighted by molar-refractivity contribution is -0.121.